The van der Waals surface area contributed by atoms with Gasteiger partial charge >= 0.3 is 5.97 Å². The van der Waals surface area contributed by atoms with Crippen LogP contribution in [-0.4, -0.2) is 23.0 Å². The Morgan fingerprint density at radius 3 is 2.62 bits per heavy atom. The van der Waals surface area contributed by atoms with Crippen molar-refractivity contribution in [3.8, 4) is 10.6 Å². The van der Waals surface area contributed by atoms with E-state index >= 15 is 0 Å². The predicted molar refractivity (Wildman–Crippen MR) is 132 cm³/mol. The summed E-state index contributed by atoms with van der Waals surface area (Å²) >= 11 is 2.98. The number of pyridine rings is 1. The number of ether oxygens (including phenoxy) is 1. The average Bonchev–Trinajstić information content (AvgIpc) is 3.40. The van der Waals surface area contributed by atoms with Gasteiger partial charge in [-0.3, -0.25) is 4.79 Å². The summed E-state index contributed by atoms with van der Waals surface area (Å²) in [5, 5.41) is 6.27. The molecule has 1 N–H and O–H groups in total. The topological polar surface area (TPSA) is 68.3 Å². The Morgan fingerprint density at radius 2 is 1.94 bits per heavy atom. The van der Waals surface area contributed by atoms with Crippen LogP contribution in [0.3, 0.4) is 0 Å². The minimum absolute atomic E-state index is 0.242. The van der Waals surface area contributed by atoms with Gasteiger partial charge in [0.2, 0.25) is 0 Å². The van der Waals surface area contributed by atoms with Crippen molar-refractivity contribution in [1.82, 2.24) is 4.98 Å². The standard InChI is InChI=1S/C25H24N2O3S2/c1-5-16-15(4)32-24(22(16)25(29)30-14(2)3)27-23(28)18-13-20(21-11-8-12-31-21)26-19-10-7-6-9-17(18)19/h6-14H,5H2,1-4H3,(H,27,28). The smallest absolute Gasteiger partial charge is 0.341 e. The molecule has 0 bridgehead atoms. The fraction of sp³-hybridized carbons (Fsp3) is 0.240. The third kappa shape index (κ3) is 4.31. The minimum atomic E-state index is -0.407. The van der Waals surface area contributed by atoms with Crippen molar-refractivity contribution in [2.24, 2.45) is 0 Å². The number of carbonyl (C=O) groups excluding carboxylic acids is 2. The van der Waals surface area contributed by atoms with Gasteiger partial charge < -0.3 is 10.1 Å². The normalized spacial score (nSPS) is 11.2. The van der Waals surface area contributed by atoms with Crippen LogP contribution < -0.4 is 5.32 Å². The molecule has 0 spiro atoms. The molecule has 0 aliphatic heterocycles. The lowest BCUT2D eigenvalue weighted by molar-refractivity contribution is 0.0378. The molecule has 7 heteroatoms. The number of thiophene rings is 2. The molecular weight excluding hydrogens is 440 g/mol. The first kappa shape index (κ1) is 22.2. The minimum Gasteiger partial charge on any atom is -0.459 e. The maximum absolute atomic E-state index is 13.5. The van der Waals surface area contributed by atoms with Crippen LogP contribution in [0.1, 0.15) is 51.9 Å². The van der Waals surface area contributed by atoms with Gasteiger partial charge in [0, 0.05) is 10.3 Å². The zero-order valence-corrected chi connectivity index (χ0v) is 20.0. The molecule has 0 aliphatic carbocycles. The van der Waals surface area contributed by atoms with Crippen molar-refractivity contribution >= 4 is 50.5 Å². The van der Waals surface area contributed by atoms with Crippen molar-refractivity contribution < 1.29 is 14.3 Å². The Bertz CT molecular complexity index is 1290. The van der Waals surface area contributed by atoms with Crippen molar-refractivity contribution in [2.75, 3.05) is 5.32 Å². The Hall–Kier alpha value is -3.03. The second-order valence-corrected chi connectivity index (χ2v) is 9.82. The molecule has 0 atom stereocenters. The second kappa shape index (κ2) is 9.22. The molecule has 4 rings (SSSR count). The van der Waals surface area contributed by atoms with E-state index in [4.69, 9.17) is 9.72 Å². The largest absolute Gasteiger partial charge is 0.459 e. The number of nitrogens with zero attached hydrogens (tertiary/aromatic N) is 1. The lowest BCUT2D eigenvalue weighted by Crippen LogP contribution is -2.17. The van der Waals surface area contributed by atoms with Crippen molar-refractivity contribution in [1.29, 1.82) is 0 Å². The molecule has 5 nitrogen and oxygen atoms in total. The molecule has 3 heterocycles. The van der Waals surface area contributed by atoms with E-state index in [-0.39, 0.29) is 12.0 Å². The fourth-order valence-corrected chi connectivity index (χ4v) is 5.48. The van der Waals surface area contributed by atoms with E-state index in [1.165, 1.54) is 11.3 Å². The van der Waals surface area contributed by atoms with E-state index in [1.54, 1.807) is 11.3 Å². The van der Waals surface area contributed by atoms with Gasteiger partial charge in [-0.15, -0.1) is 22.7 Å². The number of carbonyl (C=O) groups is 2. The van der Waals surface area contributed by atoms with Crippen LogP contribution in [0.2, 0.25) is 0 Å². The van der Waals surface area contributed by atoms with Crippen molar-refractivity contribution in [2.45, 2.75) is 40.2 Å². The number of nitrogens with one attached hydrogen (secondary N) is 1. The number of para-hydroxylation sites is 1. The van der Waals surface area contributed by atoms with Gasteiger partial charge in [0.25, 0.3) is 5.91 Å². The van der Waals surface area contributed by atoms with Gasteiger partial charge in [0.15, 0.2) is 0 Å². The summed E-state index contributed by atoms with van der Waals surface area (Å²) in [6, 6.07) is 13.4. The summed E-state index contributed by atoms with van der Waals surface area (Å²) in [4.78, 5) is 33.0. The highest BCUT2D eigenvalue weighted by Gasteiger charge is 2.25. The highest BCUT2D eigenvalue weighted by atomic mass is 32.1. The highest BCUT2D eigenvalue weighted by Crippen LogP contribution is 2.35. The predicted octanol–water partition coefficient (Wildman–Crippen LogP) is 6.71. The van der Waals surface area contributed by atoms with Gasteiger partial charge in [0.1, 0.15) is 5.00 Å². The number of benzene rings is 1. The molecule has 4 aromatic rings. The first-order chi connectivity index (χ1) is 15.4. The van der Waals surface area contributed by atoms with Crippen LogP contribution in [0.25, 0.3) is 21.5 Å². The van der Waals surface area contributed by atoms with Crippen LogP contribution in [0.4, 0.5) is 5.00 Å². The van der Waals surface area contributed by atoms with Gasteiger partial charge in [-0.1, -0.05) is 31.2 Å². The second-order valence-electron chi connectivity index (χ2n) is 7.65. The van der Waals surface area contributed by atoms with Gasteiger partial charge in [-0.05, 0) is 56.3 Å². The van der Waals surface area contributed by atoms with Crippen molar-refractivity contribution in [3.63, 3.8) is 0 Å². The van der Waals surface area contributed by atoms with E-state index < -0.39 is 5.97 Å². The van der Waals surface area contributed by atoms with E-state index in [9.17, 15) is 9.59 Å². The summed E-state index contributed by atoms with van der Waals surface area (Å²) < 4.78 is 5.47. The number of aromatic nitrogens is 1. The Balaban J connectivity index is 1.78. The van der Waals surface area contributed by atoms with Gasteiger partial charge in [-0.2, -0.15) is 0 Å². The maximum Gasteiger partial charge on any atom is 0.341 e. The lowest BCUT2D eigenvalue weighted by Gasteiger charge is -2.12. The Morgan fingerprint density at radius 1 is 1.16 bits per heavy atom. The molecule has 0 radical (unpaired) electrons. The van der Waals surface area contributed by atoms with E-state index in [0.29, 0.717) is 22.5 Å². The van der Waals surface area contributed by atoms with Crippen molar-refractivity contribution in [3.05, 3.63) is 69.4 Å². The monoisotopic (exact) mass is 464 g/mol. The highest BCUT2D eigenvalue weighted by molar-refractivity contribution is 7.17. The summed E-state index contributed by atoms with van der Waals surface area (Å²) in [5.74, 6) is -0.681. The van der Waals surface area contributed by atoms with Gasteiger partial charge in [0.05, 0.1) is 33.3 Å². The SMILES string of the molecule is CCc1c(C)sc(NC(=O)c2cc(-c3cccs3)nc3ccccc23)c1C(=O)OC(C)C. The number of hydrogen-bond acceptors (Lipinski definition) is 6. The zero-order chi connectivity index (χ0) is 22.8. The van der Waals surface area contributed by atoms with Gasteiger partial charge in [-0.25, -0.2) is 9.78 Å². The van der Waals surface area contributed by atoms with Crippen LogP contribution in [0.15, 0.2) is 47.8 Å². The van der Waals surface area contributed by atoms with E-state index in [0.717, 1.165) is 31.9 Å². The molecule has 164 valence electrons. The Labute approximate surface area is 195 Å². The molecule has 0 saturated heterocycles. The Kier molecular flexibility index (Phi) is 6.39. The molecule has 32 heavy (non-hydrogen) atoms. The third-order valence-corrected chi connectivity index (χ3v) is 7.03. The van der Waals surface area contributed by atoms with Crippen LogP contribution >= 0.6 is 22.7 Å². The summed E-state index contributed by atoms with van der Waals surface area (Å²) in [6.07, 6.45) is 0.440. The number of fused-ring (bicyclic) bond motifs is 1. The maximum atomic E-state index is 13.5. The van der Waals surface area contributed by atoms with E-state index in [1.807, 2.05) is 75.5 Å². The first-order valence-electron chi connectivity index (χ1n) is 10.5. The number of esters is 1. The molecule has 1 aromatic carbocycles. The van der Waals surface area contributed by atoms with Crippen LogP contribution in [0.5, 0.6) is 0 Å². The number of hydrogen-bond donors (Lipinski definition) is 1. The zero-order valence-electron chi connectivity index (χ0n) is 18.4. The van der Waals surface area contributed by atoms with Crippen LogP contribution in [-0.2, 0) is 11.2 Å². The van der Waals surface area contributed by atoms with Crippen LogP contribution in [0, 0.1) is 6.92 Å². The molecular formula is C25H24N2O3S2. The molecule has 0 fully saturated rings. The van der Waals surface area contributed by atoms with E-state index in [2.05, 4.69) is 5.32 Å². The fourth-order valence-electron chi connectivity index (χ4n) is 3.67. The molecule has 0 unspecified atom stereocenters. The summed E-state index contributed by atoms with van der Waals surface area (Å²) in [7, 11) is 0. The quantitative estimate of drug-likeness (QED) is 0.322. The first-order valence-corrected chi connectivity index (χ1v) is 12.2. The summed E-state index contributed by atoms with van der Waals surface area (Å²) in [6.45, 7) is 7.59. The number of rotatable bonds is 6. The lowest BCUT2D eigenvalue weighted by atomic mass is 10.1. The number of anilines is 1. The molecule has 3 aromatic heterocycles. The third-order valence-electron chi connectivity index (χ3n) is 5.07. The molecule has 0 saturated carbocycles. The number of amides is 1. The number of aryl methyl sites for hydroxylation is 1. The summed E-state index contributed by atoms with van der Waals surface area (Å²) in [5.41, 5.74) is 3.38. The molecule has 0 aliphatic rings. The average molecular weight is 465 g/mol. The molecule has 1 amide bonds.